The summed E-state index contributed by atoms with van der Waals surface area (Å²) in [5, 5.41) is 41.2. The molecule has 0 saturated carbocycles. The van der Waals surface area contributed by atoms with E-state index in [2.05, 4.69) is 5.32 Å². The Morgan fingerprint density at radius 3 is 2.50 bits per heavy atom. The highest BCUT2D eigenvalue weighted by atomic mass is 16.5. The van der Waals surface area contributed by atoms with E-state index in [-0.39, 0.29) is 12.4 Å². The van der Waals surface area contributed by atoms with Crippen molar-refractivity contribution in [1.29, 1.82) is 0 Å². The number of rotatable bonds is 3. The molecule has 1 aliphatic rings. The van der Waals surface area contributed by atoms with Crippen LogP contribution >= 0.6 is 0 Å². The van der Waals surface area contributed by atoms with E-state index >= 15 is 0 Å². The van der Waals surface area contributed by atoms with Gasteiger partial charge in [0.25, 0.3) is 0 Å². The lowest BCUT2D eigenvalue weighted by Crippen LogP contribution is -2.35. The number of hydrogen-bond donors (Lipinski definition) is 5. The van der Waals surface area contributed by atoms with Crippen LogP contribution < -0.4 is 10.1 Å². The van der Waals surface area contributed by atoms with Gasteiger partial charge in [0, 0.05) is 0 Å². The van der Waals surface area contributed by atoms with Gasteiger partial charge >= 0.3 is 0 Å². The van der Waals surface area contributed by atoms with Gasteiger partial charge in [0.15, 0.2) is 11.5 Å². The molecule has 0 unspecified atom stereocenters. The number of benzene rings is 1. The van der Waals surface area contributed by atoms with Crippen LogP contribution in [0.1, 0.15) is 11.6 Å². The van der Waals surface area contributed by atoms with E-state index < -0.39 is 24.3 Å². The number of aliphatic hydroxyl groups is 3. The molecule has 1 fully saturated rings. The van der Waals surface area contributed by atoms with Gasteiger partial charge in [-0.2, -0.15) is 0 Å². The minimum Gasteiger partial charge on any atom is -0.504 e. The second kappa shape index (κ2) is 5.11. The number of methoxy groups -OCH3 is 1. The van der Waals surface area contributed by atoms with Gasteiger partial charge in [0.05, 0.1) is 31.9 Å². The Balaban J connectivity index is 2.24. The van der Waals surface area contributed by atoms with E-state index in [1.807, 2.05) is 0 Å². The summed E-state index contributed by atoms with van der Waals surface area (Å²) in [5.41, 5.74) is 0.621. The minimum absolute atomic E-state index is 0.0362. The number of aromatic hydroxyl groups is 1. The minimum atomic E-state index is -1.04. The third-order valence-corrected chi connectivity index (χ3v) is 3.26. The van der Waals surface area contributed by atoms with Gasteiger partial charge < -0.3 is 30.5 Å². The summed E-state index contributed by atoms with van der Waals surface area (Å²) in [7, 11) is 1.45. The van der Waals surface area contributed by atoms with Gasteiger partial charge in [-0.15, -0.1) is 0 Å². The molecule has 1 saturated heterocycles. The maximum atomic E-state index is 9.89. The second-order valence-corrected chi connectivity index (χ2v) is 4.35. The van der Waals surface area contributed by atoms with Crippen LogP contribution in [0.5, 0.6) is 11.5 Å². The fraction of sp³-hybridized carbons (Fsp3) is 0.500. The third kappa shape index (κ3) is 2.15. The van der Waals surface area contributed by atoms with Crippen LogP contribution in [0.2, 0.25) is 0 Å². The average molecular weight is 255 g/mol. The van der Waals surface area contributed by atoms with Crippen LogP contribution in [0, 0.1) is 0 Å². The van der Waals surface area contributed by atoms with E-state index in [9.17, 15) is 15.3 Å². The van der Waals surface area contributed by atoms with E-state index in [0.717, 1.165) is 0 Å². The second-order valence-electron chi connectivity index (χ2n) is 4.35. The zero-order chi connectivity index (χ0) is 13.3. The number of hydrogen-bond acceptors (Lipinski definition) is 6. The molecule has 18 heavy (non-hydrogen) atoms. The summed E-state index contributed by atoms with van der Waals surface area (Å²) >= 11 is 0. The van der Waals surface area contributed by atoms with Crippen molar-refractivity contribution < 1.29 is 25.2 Å². The largest absolute Gasteiger partial charge is 0.504 e. The molecule has 6 heteroatoms. The molecule has 1 aromatic rings. The van der Waals surface area contributed by atoms with Gasteiger partial charge in [0.1, 0.15) is 6.10 Å². The molecule has 0 bridgehead atoms. The van der Waals surface area contributed by atoms with Crippen LogP contribution in [0.3, 0.4) is 0 Å². The van der Waals surface area contributed by atoms with Crippen molar-refractivity contribution in [1.82, 2.24) is 5.32 Å². The van der Waals surface area contributed by atoms with Crippen LogP contribution in [-0.4, -0.2) is 52.4 Å². The molecule has 0 aliphatic carbocycles. The van der Waals surface area contributed by atoms with Gasteiger partial charge in [-0.1, -0.05) is 6.07 Å². The molecule has 5 N–H and O–H groups in total. The van der Waals surface area contributed by atoms with Crippen molar-refractivity contribution in [3.63, 3.8) is 0 Å². The van der Waals surface area contributed by atoms with Crippen molar-refractivity contribution in [2.24, 2.45) is 0 Å². The molecule has 1 aromatic carbocycles. The zero-order valence-electron chi connectivity index (χ0n) is 9.95. The Labute approximate surface area is 104 Å². The maximum Gasteiger partial charge on any atom is 0.160 e. The first-order chi connectivity index (χ1) is 8.58. The monoisotopic (exact) mass is 255 g/mol. The first-order valence-corrected chi connectivity index (χ1v) is 5.68. The molecule has 1 heterocycles. The third-order valence-electron chi connectivity index (χ3n) is 3.26. The van der Waals surface area contributed by atoms with Gasteiger partial charge in [-0.3, -0.25) is 0 Å². The standard InChI is InChI=1S/C12H17NO5/c1-18-9-3-2-6(4-8(9)15)10-12(17)11(16)7(5-14)13-10/h2-4,7,10-17H,5H2,1H3/t7-,10+,11+,12+/m1/s1. The zero-order valence-corrected chi connectivity index (χ0v) is 9.95. The molecular weight excluding hydrogens is 238 g/mol. The summed E-state index contributed by atoms with van der Waals surface area (Å²) in [5.74, 6) is 0.302. The maximum absolute atomic E-state index is 9.89. The lowest BCUT2D eigenvalue weighted by Gasteiger charge is -2.17. The lowest BCUT2D eigenvalue weighted by molar-refractivity contribution is 0.0194. The molecule has 0 amide bonds. The number of phenolic OH excluding ortho intramolecular Hbond substituents is 1. The number of ether oxygens (including phenoxy) is 1. The van der Waals surface area contributed by atoms with Crippen molar-refractivity contribution >= 4 is 0 Å². The van der Waals surface area contributed by atoms with Crippen molar-refractivity contribution in [2.45, 2.75) is 24.3 Å². The first kappa shape index (κ1) is 13.1. The molecule has 4 atom stereocenters. The molecule has 1 aliphatic heterocycles. The Bertz CT molecular complexity index is 425. The summed E-state index contributed by atoms with van der Waals surface area (Å²) < 4.78 is 4.93. The fourth-order valence-corrected chi connectivity index (χ4v) is 2.22. The van der Waals surface area contributed by atoms with E-state index in [0.29, 0.717) is 11.3 Å². The van der Waals surface area contributed by atoms with Crippen LogP contribution in [0.25, 0.3) is 0 Å². The highest BCUT2D eigenvalue weighted by Crippen LogP contribution is 2.33. The summed E-state index contributed by atoms with van der Waals surface area (Å²) in [6.07, 6.45) is -2.07. The normalized spacial score (nSPS) is 31.6. The summed E-state index contributed by atoms with van der Waals surface area (Å²) in [6, 6.07) is 3.62. The quantitative estimate of drug-likeness (QED) is 0.481. The lowest BCUT2D eigenvalue weighted by atomic mass is 10.0. The number of aliphatic hydroxyl groups excluding tert-OH is 3. The van der Waals surface area contributed by atoms with Crippen LogP contribution in [0.4, 0.5) is 0 Å². The fourth-order valence-electron chi connectivity index (χ4n) is 2.22. The Hall–Kier alpha value is -1.34. The van der Waals surface area contributed by atoms with Crippen molar-refractivity contribution in [3.05, 3.63) is 23.8 Å². The van der Waals surface area contributed by atoms with Crippen LogP contribution in [0.15, 0.2) is 18.2 Å². The van der Waals surface area contributed by atoms with Gasteiger partial charge in [-0.25, -0.2) is 0 Å². The van der Waals surface area contributed by atoms with E-state index in [4.69, 9.17) is 9.84 Å². The Morgan fingerprint density at radius 2 is 2.00 bits per heavy atom. The number of nitrogens with one attached hydrogen (secondary N) is 1. The summed E-state index contributed by atoms with van der Waals surface area (Å²) in [4.78, 5) is 0. The van der Waals surface area contributed by atoms with Crippen LogP contribution in [-0.2, 0) is 0 Å². The first-order valence-electron chi connectivity index (χ1n) is 5.68. The van der Waals surface area contributed by atoms with E-state index in [1.165, 1.54) is 13.2 Å². The SMILES string of the molecule is COc1ccc([C@@H]2N[C@H](CO)[C@H](O)[C@H]2O)cc1O. The van der Waals surface area contributed by atoms with E-state index in [1.54, 1.807) is 12.1 Å². The van der Waals surface area contributed by atoms with Crippen molar-refractivity contribution in [3.8, 4) is 11.5 Å². The molecular formula is C12H17NO5. The summed E-state index contributed by atoms with van der Waals surface area (Å²) in [6.45, 7) is -0.267. The molecule has 100 valence electrons. The Kier molecular flexibility index (Phi) is 3.72. The molecule has 0 aromatic heterocycles. The smallest absolute Gasteiger partial charge is 0.160 e. The molecule has 6 nitrogen and oxygen atoms in total. The van der Waals surface area contributed by atoms with Gasteiger partial charge in [-0.05, 0) is 17.7 Å². The molecule has 2 rings (SSSR count). The molecule has 0 radical (unpaired) electrons. The van der Waals surface area contributed by atoms with Gasteiger partial charge in [0.2, 0.25) is 0 Å². The average Bonchev–Trinajstić information content (AvgIpc) is 2.66. The highest BCUT2D eigenvalue weighted by molar-refractivity contribution is 5.43. The topological polar surface area (TPSA) is 102 Å². The predicted molar refractivity (Wildman–Crippen MR) is 63.4 cm³/mol. The molecule has 0 spiro atoms. The Morgan fingerprint density at radius 1 is 1.28 bits per heavy atom. The number of phenols is 1. The van der Waals surface area contributed by atoms with Crippen molar-refractivity contribution in [2.75, 3.05) is 13.7 Å². The predicted octanol–water partition coefficient (Wildman–Crippen LogP) is -0.872. The highest BCUT2D eigenvalue weighted by Gasteiger charge is 2.41.